The van der Waals surface area contributed by atoms with Crippen LogP contribution in [0.25, 0.3) is 0 Å². The Morgan fingerprint density at radius 2 is 1.90 bits per heavy atom. The van der Waals surface area contributed by atoms with Crippen LogP contribution in [-0.2, 0) is 0 Å². The summed E-state index contributed by atoms with van der Waals surface area (Å²) in [5.74, 6) is 1.35. The third kappa shape index (κ3) is 3.15. The lowest BCUT2D eigenvalue weighted by Crippen LogP contribution is -2.18. The highest BCUT2D eigenvalue weighted by molar-refractivity contribution is 5.65. The smallest absolute Gasteiger partial charge is 0.151 e. The summed E-state index contributed by atoms with van der Waals surface area (Å²) in [5.41, 5.74) is 2.15. The second-order valence-electron chi connectivity index (χ2n) is 5.78. The highest BCUT2D eigenvalue weighted by atomic mass is 19.1. The molecule has 21 heavy (non-hydrogen) atoms. The molecule has 2 aromatic rings. The summed E-state index contributed by atoms with van der Waals surface area (Å²) in [5, 5.41) is 3.60. The molecule has 1 N–H and O–H groups in total. The van der Waals surface area contributed by atoms with Crippen LogP contribution in [0.3, 0.4) is 0 Å². The van der Waals surface area contributed by atoms with Crippen LogP contribution < -0.4 is 10.2 Å². The fourth-order valence-corrected chi connectivity index (χ4v) is 2.61. The van der Waals surface area contributed by atoms with E-state index in [-0.39, 0.29) is 11.9 Å². The lowest BCUT2D eigenvalue weighted by Gasteiger charge is -2.23. The molecular formula is C17H20FN3. The maximum Gasteiger partial charge on any atom is 0.151 e. The van der Waals surface area contributed by atoms with Crippen molar-refractivity contribution in [2.24, 2.45) is 5.92 Å². The van der Waals surface area contributed by atoms with E-state index in [1.807, 2.05) is 43.3 Å². The Hall–Kier alpha value is -2.10. The van der Waals surface area contributed by atoms with E-state index in [1.165, 1.54) is 25.0 Å². The van der Waals surface area contributed by atoms with E-state index in [1.54, 1.807) is 6.20 Å². The van der Waals surface area contributed by atoms with Crippen LogP contribution in [0.15, 0.2) is 42.6 Å². The molecule has 1 unspecified atom stereocenters. The maximum absolute atomic E-state index is 13.1. The van der Waals surface area contributed by atoms with E-state index >= 15 is 0 Å². The number of halogens is 1. The minimum atomic E-state index is -0.191. The third-order valence-electron chi connectivity index (χ3n) is 3.84. The van der Waals surface area contributed by atoms with Crippen LogP contribution in [0.4, 0.5) is 15.9 Å². The largest absolute Gasteiger partial charge is 0.375 e. The number of hydrogen-bond donors (Lipinski definition) is 1. The van der Waals surface area contributed by atoms with E-state index in [9.17, 15) is 4.39 Å². The maximum atomic E-state index is 13.1. The van der Waals surface area contributed by atoms with Crippen molar-refractivity contribution in [1.29, 1.82) is 0 Å². The standard InChI is InChI=1S/C17H20FN3/c1-21(2)17-15(4-3-11-19-17)20-16(12-5-6-12)13-7-9-14(18)10-8-13/h3-4,7-12,16,20H,5-6H2,1-2H3. The molecular weight excluding hydrogens is 265 g/mol. The van der Waals surface area contributed by atoms with E-state index in [0.29, 0.717) is 5.92 Å². The number of anilines is 2. The van der Waals surface area contributed by atoms with Gasteiger partial charge < -0.3 is 10.2 Å². The van der Waals surface area contributed by atoms with Crippen LogP contribution in [0.1, 0.15) is 24.4 Å². The van der Waals surface area contributed by atoms with E-state index < -0.39 is 0 Å². The summed E-state index contributed by atoms with van der Waals surface area (Å²) >= 11 is 0. The summed E-state index contributed by atoms with van der Waals surface area (Å²) in [6.07, 6.45) is 4.23. The number of hydrogen-bond acceptors (Lipinski definition) is 3. The first-order chi connectivity index (χ1) is 10.1. The van der Waals surface area contributed by atoms with Crippen molar-refractivity contribution in [1.82, 2.24) is 4.98 Å². The summed E-state index contributed by atoms with van der Waals surface area (Å²) in [7, 11) is 3.97. The third-order valence-corrected chi connectivity index (χ3v) is 3.84. The SMILES string of the molecule is CN(C)c1ncccc1NC(c1ccc(F)cc1)C1CC1. The van der Waals surface area contributed by atoms with Gasteiger partial charge in [0, 0.05) is 20.3 Å². The van der Waals surface area contributed by atoms with Crippen LogP contribution >= 0.6 is 0 Å². The molecule has 1 saturated carbocycles. The summed E-state index contributed by atoms with van der Waals surface area (Å²) in [6.45, 7) is 0. The molecule has 0 saturated heterocycles. The van der Waals surface area contributed by atoms with Gasteiger partial charge in [0.15, 0.2) is 5.82 Å². The van der Waals surface area contributed by atoms with Crippen LogP contribution in [0.2, 0.25) is 0 Å². The molecule has 110 valence electrons. The summed E-state index contributed by atoms with van der Waals surface area (Å²) in [6, 6.07) is 11.0. The summed E-state index contributed by atoms with van der Waals surface area (Å²) in [4.78, 5) is 6.42. The van der Waals surface area contributed by atoms with Gasteiger partial charge in [0.05, 0.1) is 11.7 Å². The fraction of sp³-hybridized carbons (Fsp3) is 0.353. The zero-order valence-corrected chi connectivity index (χ0v) is 12.4. The van der Waals surface area contributed by atoms with Crippen LogP contribution in [0, 0.1) is 11.7 Å². The second-order valence-corrected chi connectivity index (χ2v) is 5.78. The molecule has 3 rings (SSSR count). The van der Waals surface area contributed by atoms with Gasteiger partial charge in [0.1, 0.15) is 5.82 Å². The Morgan fingerprint density at radius 3 is 2.52 bits per heavy atom. The second kappa shape index (κ2) is 5.72. The predicted molar refractivity (Wildman–Crippen MR) is 84.1 cm³/mol. The van der Waals surface area contributed by atoms with Gasteiger partial charge in [0.25, 0.3) is 0 Å². The lowest BCUT2D eigenvalue weighted by atomic mass is 10.0. The Bertz CT molecular complexity index is 606. The van der Waals surface area contributed by atoms with Gasteiger partial charge in [0.2, 0.25) is 0 Å². The number of nitrogens with one attached hydrogen (secondary N) is 1. The highest BCUT2D eigenvalue weighted by Gasteiger charge is 2.32. The quantitative estimate of drug-likeness (QED) is 0.904. The average molecular weight is 285 g/mol. The van der Waals surface area contributed by atoms with Crippen LogP contribution in [0.5, 0.6) is 0 Å². The first-order valence-corrected chi connectivity index (χ1v) is 7.29. The molecule has 0 spiro atoms. The molecule has 1 fully saturated rings. The number of aromatic nitrogens is 1. The van der Waals surface area contributed by atoms with E-state index in [4.69, 9.17) is 0 Å². The number of pyridine rings is 1. The van der Waals surface area contributed by atoms with Crippen molar-refractivity contribution in [2.45, 2.75) is 18.9 Å². The normalized spacial score (nSPS) is 15.6. The van der Waals surface area contributed by atoms with Gasteiger partial charge in [-0.3, -0.25) is 0 Å². The van der Waals surface area contributed by atoms with Gasteiger partial charge in [-0.15, -0.1) is 0 Å². The topological polar surface area (TPSA) is 28.2 Å². The molecule has 0 bridgehead atoms. The Balaban J connectivity index is 1.88. The van der Waals surface area contributed by atoms with Gasteiger partial charge in [-0.25, -0.2) is 9.37 Å². The van der Waals surface area contributed by atoms with Crippen molar-refractivity contribution < 1.29 is 4.39 Å². The first-order valence-electron chi connectivity index (χ1n) is 7.29. The Morgan fingerprint density at radius 1 is 1.19 bits per heavy atom. The molecule has 4 heteroatoms. The first kappa shape index (κ1) is 13.9. The van der Waals surface area contributed by atoms with Gasteiger partial charge in [-0.05, 0) is 48.6 Å². The Labute approximate surface area is 124 Å². The average Bonchev–Trinajstić information content (AvgIpc) is 3.31. The Kier molecular flexibility index (Phi) is 3.78. The molecule has 1 atom stereocenters. The molecule has 3 nitrogen and oxygen atoms in total. The zero-order valence-electron chi connectivity index (χ0n) is 12.4. The molecule has 1 aliphatic carbocycles. The van der Waals surface area contributed by atoms with Crippen molar-refractivity contribution in [2.75, 3.05) is 24.3 Å². The van der Waals surface area contributed by atoms with Crippen molar-refractivity contribution >= 4 is 11.5 Å². The van der Waals surface area contributed by atoms with Crippen molar-refractivity contribution in [3.63, 3.8) is 0 Å². The zero-order chi connectivity index (χ0) is 14.8. The predicted octanol–water partition coefficient (Wildman–Crippen LogP) is 3.85. The minimum Gasteiger partial charge on any atom is -0.375 e. The molecule has 1 aromatic heterocycles. The number of rotatable bonds is 5. The van der Waals surface area contributed by atoms with Crippen molar-refractivity contribution in [3.05, 3.63) is 54.0 Å². The summed E-state index contributed by atoms with van der Waals surface area (Å²) < 4.78 is 13.1. The van der Waals surface area contributed by atoms with E-state index in [0.717, 1.165) is 17.1 Å². The molecule has 1 aliphatic rings. The molecule has 0 radical (unpaired) electrons. The highest BCUT2D eigenvalue weighted by Crippen LogP contribution is 2.43. The van der Waals surface area contributed by atoms with Crippen molar-refractivity contribution in [3.8, 4) is 0 Å². The molecule has 0 amide bonds. The van der Waals surface area contributed by atoms with E-state index in [2.05, 4.69) is 10.3 Å². The monoisotopic (exact) mass is 285 g/mol. The minimum absolute atomic E-state index is 0.191. The molecule has 0 aliphatic heterocycles. The van der Waals surface area contributed by atoms with Gasteiger partial charge >= 0.3 is 0 Å². The number of nitrogens with zero attached hydrogens (tertiary/aromatic N) is 2. The molecule has 1 aromatic carbocycles. The molecule has 1 heterocycles. The van der Waals surface area contributed by atoms with Gasteiger partial charge in [-0.2, -0.15) is 0 Å². The fourth-order valence-electron chi connectivity index (χ4n) is 2.61. The van der Waals surface area contributed by atoms with Gasteiger partial charge in [-0.1, -0.05) is 12.1 Å². The lowest BCUT2D eigenvalue weighted by molar-refractivity contribution is 0.622. The number of benzene rings is 1. The van der Waals surface area contributed by atoms with Crippen LogP contribution in [-0.4, -0.2) is 19.1 Å².